The number of carboxylic acids is 1. The third-order valence-corrected chi connectivity index (χ3v) is 3.36. The number of halogens is 1. The summed E-state index contributed by atoms with van der Waals surface area (Å²) in [6, 6.07) is 5.71. The molecule has 6 nitrogen and oxygen atoms in total. The van der Waals surface area contributed by atoms with Crippen molar-refractivity contribution in [2.45, 2.75) is 18.8 Å². The number of anilines is 1. The number of carbonyl (C=O) groups excluding carboxylic acids is 1. The minimum Gasteiger partial charge on any atom is -0.478 e. The van der Waals surface area contributed by atoms with Crippen molar-refractivity contribution in [1.29, 1.82) is 0 Å². The Balaban J connectivity index is 1.78. The first-order chi connectivity index (χ1) is 10.0. The van der Waals surface area contributed by atoms with Crippen molar-refractivity contribution >= 4 is 29.2 Å². The number of carbonyl (C=O) groups is 2. The normalized spacial score (nSPS) is 14.0. The molecule has 2 aromatic rings. The average molecular weight is 307 g/mol. The van der Waals surface area contributed by atoms with Gasteiger partial charge in [0.25, 0.3) is 5.91 Å². The van der Waals surface area contributed by atoms with E-state index in [4.69, 9.17) is 21.2 Å². The largest absolute Gasteiger partial charge is 0.478 e. The maximum Gasteiger partial charge on any atom is 0.335 e. The predicted molar refractivity (Wildman–Crippen MR) is 74.8 cm³/mol. The molecule has 0 radical (unpaired) electrons. The highest BCUT2D eigenvalue weighted by atomic mass is 35.5. The monoisotopic (exact) mass is 306 g/mol. The van der Waals surface area contributed by atoms with Crippen LogP contribution < -0.4 is 5.32 Å². The van der Waals surface area contributed by atoms with Crippen molar-refractivity contribution in [2.24, 2.45) is 0 Å². The van der Waals surface area contributed by atoms with Gasteiger partial charge >= 0.3 is 5.97 Å². The van der Waals surface area contributed by atoms with Crippen molar-refractivity contribution in [1.82, 2.24) is 5.16 Å². The van der Waals surface area contributed by atoms with Crippen LogP contribution in [0.1, 0.15) is 45.4 Å². The predicted octanol–water partition coefficient (Wildman–Crippen LogP) is 3.16. The summed E-state index contributed by atoms with van der Waals surface area (Å²) in [7, 11) is 0. The Labute approximate surface area is 124 Å². The van der Waals surface area contributed by atoms with Gasteiger partial charge < -0.3 is 14.9 Å². The number of nitrogens with one attached hydrogen (secondary N) is 1. The van der Waals surface area contributed by atoms with Crippen LogP contribution in [0.3, 0.4) is 0 Å². The second-order valence-electron chi connectivity index (χ2n) is 4.88. The van der Waals surface area contributed by atoms with E-state index in [1.807, 2.05) is 0 Å². The van der Waals surface area contributed by atoms with Crippen LogP contribution in [0.15, 0.2) is 28.8 Å². The molecule has 1 amide bonds. The summed E-state index contributed by atoms with van der Waals surface area (Å²) >= 11 is 5.83. The molecule has 21 heavy (non-hydrogen) atoms. The fourth-order valence-electron chi connectivity index (χ4n) is 1.94. The van der Waals surface area contributed by atoms with E-state index in [0.717, 1.165) is 12.8 Å². The van der Waals surface area contributed by atoms with E-state index in [1.54, 1.807) is 6.07 Å². The lowest BCUT2D eigenvalue weighted by Gasteiger charge is -2.05. The summed E-state index contributed by atoms with van der Waals surface area (Å²) in [6.45, 7) is 0. The fourth-order valence-corrected chi connectivity index (χ4v) is 2.17. The Hall–Kier alpha value is -2.34. The number of nitrogens with zero attached hydrogens (tertiary/aromatic N) is 1. The number of amides is 1. The molecule has 0 spiro atoms. The summed E-state index contributed by atoms with van der Waals surface area (Å²) in [5.41, 5.74) is 0.450. The van der Waals surface area contributed by atoms with Crippen molar-refractivity contribution in [2.75, 3.05) is 5.32 Å². The molecule has 0 aliphatic heterocycles. The lowest BCUT2D eigenvalue weighted by atomic mass is 10.2. The first kappa shape index (κ1) is 13.6. The molecule has 3 rings (SSSR count). The van der Waals surface area contributed by atoms with Gasteiger partial charge in [0, 0.05) is 22.7 Å². The first-order valence-electron chi connectivity index (χ1n) is 6.35. The van der Waals surface area contributed by atoms with Crippen LogP contribution in [0.25, 0.3) is 0 Å². The molecule has 7 heteroatoms. The second kappa shape index (κ2) is 5.21. The number of rotatable bonds is 4. The lowest BCUT2D eigenvalue weighted by Crippen LogP contribution is -2.12. The summed E-state index contributed by atoms with van der Waals surface area (Å²) in [5.74, 6) is -0.518. The minimum atomic E-state index is -1.12. The van der Waals surface area contributed by atoms with Crippen LogP contribution >= 0.6 is 11.6 Å². The van der Waals surface area contributed by atoms with E-state index in [-0.39, 0.29) is 16.3 Å². The SMILES string of the molecule is O=C(O)c1cc(Cl)cc(NC(=O)c2cc(C3CC3)on2)c1. The van der Waals surface area contributed by atoms with Crippen LogP contribution in [0, 0.1) is 0 Å². The molecule has 2 N–H and O–H groups in total. The van der Waals surface area contributed by atoms with Gasteiger partial charge in [-0.2, -0.15) is 0 Å². The van der Waals surface area contributed by atoms with Crippen LogP contribution in [0.2, 0.25) is 5.02 Å². The number of aromatic nitrogens is 1. The molecule has 108 valence electrons. The summed E-state index contributed by atoms with van der Waals surface area (Å²) < 4.78 is 5.10. The Kier molecular flexibility index (Phi) is 3.39. The van der Waals surface area contributed by atoms with Gasteiger partial charge in [0.1, 0.15) is 5.76 Å². The van der Waals surface area contributed by atoms with Crippen molar-refractivity contribution in [3.05, 3.63) is 46.3 Å². The Morgan fingerprint density at radius 1 is 1.29 bits per heavy atom. The maximum absolute atomic E-state index is 12.0. The van der Waals surface area contributed by atoms with E-state index < -0.39 is 11.9 Å². The topological polar surface area (TPSA) is 92.4 Å². The molecular weight excluding hydrogens is 296 g/mol. The Morgan fingerprint density at radius 2 is 2.05 bits per heavy atom. The fraction of sp³-hybridized carbons (Fsp3) is 0.214. The first-order valence-corrected chi connectivity index (χ1v) is 6.72. The van der Waals surface area contributed by atoms with Crippen molar-refractivity contribution in [3.63, 3.8) is 0 Å². The third-order valence-electron chi connectivity index (χ3n) is 3.14. The van der Waals surface area contributed by atoms with Crippen LogP contribution in [0.4, 0.5) is 5.69 Å². The lowest BCUT2D eigenvalue weighted by molar-refractivity contribution is 0.0696. The summed E-state index contributed by atoms with van der Waals surface area (Å²) in [5, 5.41) is 15.5. The molecule has 1 fully saturated rings. The average Bonchev–Trinajstić information content (AvgIpc) is 3.15. The third kappa shape index (κ3) is 3.05. The van der Waals surface area contributed by atoms with E-state index in [2.05, 4.69) is 10.5 Å². The Bertz CT molecular complexity index is 722. The summed E-state index contributed by atoms with van der Waals surface area (Å²) in [6.07, 6.45) is 2.10. The molecule has 0 atom stereocenters. The highest BCUT2D eigenvalue weighted by molar-refractivity contribution is 6.31. The van der Waals surface area contributed by atoms with E-state index >= 15 is 0 Å². The minimum absolute atomic E-state index is 0.00313. The smallest absolute Gasteiger partial charge is 0.335 e. The molecule has 0 bridgehead atoms. The van der Waals surface area contributed by atoms with Gasteiger partial charge in [-0.15, -0.1) is 0 Å². The van der Waals surface area contributed by atoms with Crippen LogP contribution in [-0.4, -0.2) is 22.1 Å². The van der Waals surface area contributed by atoms with Crippen molar-refractivity contribution < 1.29 is 19.2 Å². The van der Waals surface area contributed by atoms with Gasteiger partial charge in [0.2, 0.25) is 0 Å². The number of benzene rings is 1. The van der Waals surface area contributed by atoms with E-state index in [1.165, 1.54) is 18.2 Å². The van der Waals surface area contributed by atoms with Crippen molar-refractivity contribution in [3.8, 4) is 0 Å². The van der Waals surface area contributed by atoms with Gasteiger partial charge in [0.15, 0.2) is 5.69 Å². The highest BCUT2D eigenvalue weighted by Crippen LogP contribution is 2.40. The second-order valence-corrected chi connectivity index (χ2v) is 5.31. The number of carboxylic acid groups (broad SMARTS) is 1. The van der Waals surface area contributed by atoms with E-state index in [9.17, 15) is 9.59 Å². The van der Waals surface area contributed by atoms with E-state index in [0.29, 0.717) is 17.4 Å². The zero-order valence-electron chi connectivity index (χ0n) is 10.8. The molecule has 0 saturated heterocycles. The summed E-state index contributed by atoms with van der Waals surface area (Å²) in [4.78, 5) is 23.0. The zero-order valence-corrected chi connectivity index (χ0v) is 11.6. The highest BCUT2D eigenvalue weighted by Gasteiger charge is 2.28. The molecule has 1 aromatic heterocycles. The number of aromatic carboxylic acids is 1. The van der Waals surface area contributed by atoms with Gasteiger partial charge in [-0.25, -0.2) is 4.79 Å². The quantitative estimate of drug-likeness (QED) is 0.905. The van der Waals surface area contributed by atoms with Gasteiger partial charge in [-0.1, -0.05) is 16.8 Å². The van der Waals surface area contributed by atoms with Gasteiger partial charge in [-0.3, -0.25) is 4.79 Å². The molecule has 1 aliphatic rings. The standard InChI is InChI=1S/C14H11ClN2O4/c15-9-3-8(14(19)20)4-10(5-9)16-13(18)11-6-12(21-17-11)7-1-2-7/h3-7H,1-2H2,(H,16,18)(H,19,20). The molecule has 1 heterocycles. The van der Waals surface area contributed by atoms with Gasteiger partial charge in [-0.05, 0) is 31.0 Å². The molecule has 0 unspecified atom stereocenters. The molecule has 1 aromatic carbocycles. The molecular formula is C14H11ClN2O4. The van der Waals surface area contributed by atoms with Gasteiger partial charge in [0.05, 0.1) is 5.56 Å². The zero-order chi connectivity index (χ0) is 15.0. The number of hydrogen-bond acceptors (Lipinski definition) is 4. The Morgan fingerprint density at radius 3 is 2.71 bits per heavy atom. The van der Waals surface area contributed by atoms with Crippen LogP contribution in [0.5, 0.6) is 0 Å². The molecule has 1 saturated carbocycles. The maximum atomic E-state index is 12.0. The molecule has 1 aliphatic carbocycles. The number of hydrogen-bond donors (Lipinski definition) is 2. The van der Waals surface area contributed by atoms with Crippen LogP contribution in [-0.2, 0) is 0 Å².